The fourth-order valence-electron chi connectivity index (χ4n) is 2.74. The Morgan fingerprint density at radius 3 is 2.95 bits per heavy atom. The van der Waals surface area contributed by atoms with Crippen LogP contribution >= 0.6 is 11.3 Å². The summed E-state index contributed by atoms with van der Waals surface area (Å²) >= 11 is 1.76. The Bertz CT molecular complexity index is 720. The lowest BCUT2D eigenvalue weighted by molar-refractivity contribution is 0.449. The number of nitrogens with zero attached hydrogens (tertiary/aromatic N) is 4. The molecule has 0 aliphatic carbocycles. The largest absolute Gasteiger partial charge is 0.312 e. The van der Waals surface area contributed by atoms with Crippen molar-refractivity contribution in [3.05, 3.63) is 64.1 Å². The minimum atomic E-state index is 0.103. The topological polar surface area (TPSA) is 55.6 Å². The molecule has 0 aromatic carbocycles. The van der Waals surface area contributed by atoms with Gasteiger partial charge in [0.15, 0.2) is 5.82 Å². The third-order valence-corrected chi connectivity index (χ3v) is 4.63. The Kier molecular flexibility index (Phi) is 3.25. The Labute approximate surface area is 126 Å². The molecule has 0 bridgehead atoms. The molecule has 1 aliphatic rings. The highest BCUT2D eigenvalue weighted by molar-refractivity contribution is 7.09. The number of aromatic nitrogens is 4. The molecule has 1 atom stereocenters. The van der Waals surface area contributed by atoms with Gasteiger partial charge in [-0.2, -0.15) is 0 Å². The van der Waals surface area contributed by atoms with E-state index in [1.54, 1.807) is 11.3 Å². The van der Waals surface area contributed by atoms with E-state index in [9.17, 15) is 0 Å². The monoisotopic (exact) mass is 297 g/mol. The maximum Gasteiger partial charge on any atom is 0.154 e. The van der Waals surface area contributed by atoms with E-state index in [0.717, 1.165) is 31.2 Å². The molecular weight excluding hydrogens is 282 g/mol. The number of pyridine rings is 1. The number of rotatable bonds is 3. The van der Waals surface area contributed by atoms with Gasteiger partial charge in [0.05, 0.1) is 6.04 Å². The SMILES string of the molecule is c1csc(Cc2nnc3n2CCNC3c2ccncc2)c1. The normalized spacial score (nSPS) is 17.6. The van der Waals surface area contributed by atoms with Crippen molar-refractivity contribution >= 4 is 11.3 Å². The molecule has 4 rings (SSSR count). The molecule has 0 saturated carbocycles. The van der Waals surface area contributed by atoms with Crippen LogP contribution in [0.15, 0.2) is 42.0 Å². The van der Waals surface area contributed by atoms with Crippen LogP contribution in [0.2, 0.25) is 0 Å². The Balaban J connectivity index is 1.68. The van der Waals surface area contributed by atoms with E-state index in [4.69, 9.17) is 0 Å². The summed E-state index contributed by atoms with van der Waals surface area (Å²) in [6.45, 7) is 1.85. The summed E-state index contributed by atoms with van der Waals surface area (Å²) in [4.78, 5) is 5.41. The van der Waals surface area contributed by atoms with Gasteiger partial charge in [-0.1, -0.05) is 6.07 Å². The Hall–Kier alpha value is -2.05. The van der Waals surface area contributed by atoms with E-state index in [0.29, 0.717) is 0 Å². The minimum Gasteiger partial charge on any atom is -0.312 e. The molecule has 0 radical (unpaired) electrons. The average molecular weight is 297 g/mol. The third-order valence-electron chi connectivity index (χ3n) is 3.75. The molecule has 0 saturated heterocycles. The van der Waals surface area contributed by atoms with E-state index in [1.165, 1.54) is 10.4 Å². The van der Waals surface area contributed by atoms with Crippen molar-refractivity contribution in [2.45, 2.75) is 19.0 Å². The average Bonchev–Trinajstić information content (AvgIpc) is 3.19. The van der Waals surface area contributed by atoms with Crippen LogP contribution in [0.1, 0.15) is 28.1 Å². The fourth-order valence-corrected chi connectivity index (χ4v) is 3.44. The molecule has 0 fully saturated rings. The van der Waals surface area contributed by atoms with Crippen LogP contribution in [0, 0.1) is 0 Å². The molecule has 0 amide bonds. The number of fused-ring (bicyclic) bond motifs is 1. The molecule has 0 spiro atoms. The summed E-state index contributed by atoms with van der Waals surface area (Å²) in [5.41, 5.74) is 1.18. The van der Waals surface area contributed by atoms with Gasteiger partial charge in [0, 0.05) is 36.8 Å². The minimum absolute atomic E-state index is 0.103. The first-order chi connectivity index (χ1) is 10.4. The number of nitrogens with one attached hydrogen (secondary N) is 1. The zero-order valence-corrected chi connectivity index (χ0v) is 12.3. The van der Waals surface area contributed by atoms with Gasteiger partial charge >= 0.3 is 0 Å². The molecule has 106 valence electrons. The summed E-state index contributed by atoms with van der Waals surface area (Å²) in [5.74, 6) is 2.05. The molecular formula is C15H15N5S. The molecule has 4 heterocycles. The van der Waals surface area contributed by atoms with Crippen molar-refractivity contribution in [2.24, 2.45) is 0 Å². The lowest BCUT2D eigenvalue weighted by Gasteiger charge is -2.25. The zero-order chi connectivity index (χ0) is 14.1. The summed E-state index contributed by atoms with van der Waals surface area (Å²) in [6.07, 6.45) is 4.49. The molecule has 1 aliphatic heterocycles. The number of thiophene rings is 1. The predicted molar refractivity (Wildman–Crippen MR) is 81.2 cm³/mol. The van der Waals surface area contributed by atoms with E-state index >= 15 is 0 Å². The van der Waals surface area contributed by atoms with Crippen LogP contribution in [-0.4, -0.2) is 26.3 Å². The van der Waals surface area contributed by atoms with Gasteiger partial charge < -0.3 is 9.88 Å². The first-order valence-electron chi connectivity index (χ1n) is 6.99. The molecule has 6 heteroatoms. The van der Waals surface area contributed by atoms with E-state index in [1.807, 2.05) is 24.5 Å². The molecule has 3 aromatic heterocycles. The van der Waals surface area contributed by atoms with Crippen molar-refractivity contribution in [2.75, 3.05) is 6.54 Å². The molecule has 3 aromatic rings. The van der Waals surface area contributed by atoms with Crippen molar-refractivity contribution in [1.82, 2.24) is 25.1 Å². The number of hydrogen-bond donors (Lipinski definition) is 1. The van der Waals surface area contributed by atoms with Gasteiger partial charge in [-0.3, -0.25) is 4.98 Å². The molecule has 1 unspecified atom stereocenters. The summed E-state index contributed by atoms with van der Waals surface area (Å²) in [6, 6.07) is 8.39. The molecule has 5 nitrogen and oxygen atoms in total. The van der Waals surface area contributed by atoms with Crippen LogP contribution < -0.4 is 5.32 Å². The van der Waals surface area contributed by atoms with Crippen LogP contribution in [0.25, 0.3) is 0 Å². The zero-order valence-electron chi connectivity index (χ0n) is 11.4. The first kappa shape index (κ1) is 12.7. The quantitative estimate of drug-likeness (QED) is 0.803. The summed E-state index contributed by atoms with van der Waals surface area (Å²) in [5, 5.41) is 14.5. The number of hydrogen-bond acceptors (Lipinski definition) is 5. The van der Waals surface area contributed by atoms with Crippen LogP contribution in [-0.2, 0) is 13.0 Å². The van der Waals surface area contributed by atoms with Crippen molar-refractivity contribution < 1.29 is 0 Å². The summed E-state index contributed by atoms with van der Waals surface area (Å²) < 4.78 is 2.25. The van der Waals surface area contributed by atoms with Crippen LogP contribution in [0.3, 0.4) is 0 Å². The lowest BCUT2D eigenvalue weighted by Crippen LogP contribution is -2.35. The highest BCUT2D eigenvalue weighted by Crippen LogP contribution is 2.24. The van der Waals surface area contributed by atoms with Crippen molar-refractivity contribution in [3.8, 4) is 0 Å². The second kappa shape index (κ2) is 5.38. The highest BCUT2D eigenvalue weighted by Gasteiger charge is 2.26. The second-order valence-corrected chi connectivity index (χ2v) is 6.08. The van der Waals surface area contributed by atoms with Crippen molar-refractivity contribution in [1.29, 1.82) is 0 Å². The molecule has 21 heavy (non-hydrogen) atoms. The maximum atomic E-state index is 4.43. The van der Waals surface area contributed by atoms with Crippen LogP contribution in [0.5, 0.6) is 0 Å². The standard InChI is InChI=1S/C15H15N5S/c1-2-12(21-9-1)10-13-18-19-15-14(17-7-8-20(13)15)11-3-5-16-6-4-11/h1-6,9,14,17H,7-8,10H2. The maximum absolute atomic E-state index is 4.43. The molecule has 1 N–H and O–H groups in total. The second-order valence-electron chi connectivity index (χ2n) is 5.05. The highest BCUT2D eigenvalue weighted by atomic mass is 32.1. The van der Waals surface area contributed by atoms with Gasteiger partial charge in [0.25, 0.3) is 0 Å². The van der Waals surface area contributed by atoms with Crippen molar-refractivity contribution in [3.63, 3.8) is 0 Å². The fraction of sp³-hybridized carbons (Fsp3) is 0.267. The summed E-state index contributed by atoms with van der Waals surface area (Å²) in [7, 11) is 0. The lowest BCUT2D eigenvalue weighted by atomic mass is 10.1. The first-order valence-corrected chi connectivity index (χ1v) is 7.87. The van der Waals surface area contributed by atoms with Gasteiger partial charge in [-0.25, -0.2) is 0 Å². The van der Waals surface area contributed by atoms with Gasteiger partial charge in [0.1, 0.15) is 5.82 Å². The smallest absolute Gasteiger partial charge is 0.154 e. The van der Waals surface area contributed by atoms with Gasteiger partial charge in [-0.05, 0) is 29.1 Å². The van der Waals surface area contributed by atoms with Gasteiger partial charge in [-0.15, -0.1) is 21.5 Å². The Morgan fingerprint density at radius 1 is 1.24 bits per heavy atom. The van der Waals surface area contributed by atoms with Gasteiger partial charge in [0.2, 0.25) is 0 Å². The Morgan fingerprint density at radius 2 is 2.14 bits per heavy atom. The van der Waals surface area contributed by atoms with Crippen LogP contribution in [0.4, 0.5) is 0 Å². The predicted octanol–water partition coefficient (Wildman–Crippen LogP) is 2.02. The van der Waals surface area contributed by atoms with E-state index in [-0.39, 0.29) is 6.04 Å². The van der Waals surface area contributed by atoms with E-state index in [2.05, 4.69) is 42.6 Å². The van der Waals surface area contributed by atoms with E-state index < -0.39 is 0 Å². The third kappa shape index (κ3) is 2.36.